The minimum atomic E-state index is 0.150. The lowest BCUT2D eigenvalue weighted by Gasteiger charge is -2.37. The fraction of sp³-hybridized carbons (Fsp3) is 0.917. The first kappa shape index (κ1) is 13.3. The van der Waals surface area contributed by atoms with Crippen LogP contribution in [0, 0.1) is 0 Å². The van der Waals surface area contributed by atoms with Gasteiger partial charge in [-0.1, -0.05) is 6.92 Å². The van der Waals surface area contributed by atoms with E-state index in [1.54, 1.807) is 4.90 Å². The largest absolute Gasteiger partial charge is 0.328 e. The van der Waals surface area contributed by atoms with E-state index in [-0.39, 0.29) is 6.03 Å². The van der Waals surface area contributed by atoms with Gasteiger partial charge in [0, 0.05) is 39.8 Å². The molecule has 16 heavy (non-hydrogen) atoms. The van der Waals surface area contributed by atoms with E-state index in [0.717, 1.165) is 39.0 Å². The molecule has 0 aromatic carbocycles. The van der Waals surface area contributed by atoms with Crippen molar-refractivity contribution in [2.75, 3.05) is 40.3 Å². The molecule has 94 valence electrons. The van der Waals surface area contributed by atoms with E-state index in [1.165, 1.54) is 0 Å². The van der Waals surface area contributed by atoms with E-state index >= 15 is 0 Å². The van der Waals surface area contributed by atoms with Crippen LogP contribution in [0.15, 0.2) is 0 Å². The van der Waals surface area contributed by atoms with Gasteiger partial charge >= 0.3 is 6.03 Å². The summed E-state index contributed by atoms with van der Waals surface area (Å²) in [5, 5.41) is 0. The summed E-state index contributed by atoms with van der Waals surface area (Å²) in [6.45, 7) is 8.34. The van der Waals surface area contributed by atoms with Crippen LogP contribution in [0.2, 0.25) is 0 Å². The summed E-state index contributed by atoms with van der Waals surface area (Å²) >= 11 is 0. The summed E-state index contributed by atoms with van der Waals surface area (Å²) < 4.78 is 0. The van der Waals surface area contributed by atoms with E-state index in [0.29, 0.717) is 6.04 Å². The number of carbonyl (C=O) groups is 1. The molecule has 1 rings (SSSR count). The van der Waals surface area contributed by atoms with Gasteiger partial charge in [-0.05, 0) is 26.3 Å². The maximum Gasteiger partial charge on any atom is 0.319 e. The Morgan fingerprint density at radius 1 is 1.25 bits per heavy atom. The van der Waals surface area contributed by atoms with Gasteiger partial charge in [0.05, 0.1) is 0 Å². The molecule has 1 aliphatic heterocycles. The van der Waals surface area contributed by atoms with Crippen LogP contribution >= 0.6 is 0 Å². The summed E-state index contributed by atoms with van der Waals surface area (Å²) in [4.78, 5) is 18.1. The maximum absolute atomic E-state index is 12.0. The van der Waals surface area contributed by atoms with E-state index in [4.69, 9.17) is 0 Å². The Hall–Kier alpha value is -0.770. The lowest BCUT2D eigenvalue weighted by Crippen LogP contribution is -2.49. The summed E-state index contributed by atoms with van der Waals surface area (Å²) in [7, 11) is 3.79. The zero-order chi connectivity index (χ0) is 12.1. The lowest BCUT2D eigenvalue weighted by molar-refractivity contribution is 0.120. The summed E-state index contributed by atoms with van der Waals surface area (Å²) in [6.07, 6.45) is 2.21. The van der Waals surface area contributed by atoms with Gasteiger partial charge in [-0.25, -0.2) is 4.79 Å². The number of hydrogen-bond donors (Lipinski definition) is 0. The van der Waals surface area contributed by atoms with Crippen LogP contribution in [0.4, 0.5) is 4.79 Å². The first-order valence-corrected chi connectivity index (χ1v) is 6.30. The normalized spacial score (nSPS) is 18.5. The summed E-state index contributed by atoms with van der Waals surface area (Å²) in [5.74, 6) is 0. The van der Waals surface area contributed by atoms with Crippen molar-refractivity contribution in [3.63, 3.8) is 0 Å². The maximum atomic E-state index is 12.0. The van der Waals surface area contributed by atoms with Gasteiger partial charge in [0.25, 0.3) is 0 Å². The molecule has 0 aromatic rings. The highest BCUT2D eigenvalue weighted by molar-refractivity contribution is 5.74. The third kappa shape index (κ3) is 3.11. The van der Waals surface area contributed by atoms with E-state index < -0.39 is 0 Å². The molecule has 4 nitrogen and oxygen atoms in total. The Balaban J connectivity index is 2.43. The third-order valence-electron chi connectivity index (χ3n) is 3.65. The minimum Gasteiger partial charge on any atom is -0.328 e. The zero-order valence-electron chi connectivity index (χ0n) is 11.1. The highest BCUT2D eigenvalue weighted by Gasteiger charge is 2.25. The molecule has 0 spiro atoms. The van der Waals surface area contributed by atoms with Gasteiger partial charge in [-0.2, -0.15) is 0 Å². The molecular weight excluding hydrogens is 202 g/mol. The summed E-state index contributed by atoms with van der Waals surface area (Å²) in [6, 6.07) is 0.571. The predicted molar refractivity (Wildman–Crippen MR) is 66.6 cm³/mol. The van der Waals surface area contributed by atoms with E-state index in [1.807, 2.05) is 25.9 Å². The number of urea groups is 1. The second-order valence-corrected chi connectivity index (χ2v) is 4.57. The highest BCUT2D eigenvalue weighted by atomic mass is 16.2. The van der Waals surface area contributed by atoms with Crippen LogP contribution in [-0.4, -0.2) is 67.0 Å². The Morgan fingerprint density at radius 3 is 2.25 bits per heavy atom. The molecule has 0 radical (unpaired) electrons. The van der Waals surface area contributed by atoms with Gasteiger partial charge < -0.3 is 14.7 Å². The van der Waals surface area contributed by atoms with Gasteiger partial charge in [0.15, 0.2) is 0 Å². The topological polar surface area (TPSA) is 26.8 Å². The molecule has 0 saturated carbocycles. The monoisotopic (exact) mass is 227 g/mol. The Labute approximate surface area is 99.2 Å². The number of amides is 2. The number of carbonyl (C=O) groups excluding carboxylic acids is 1. The average Bonchev–Trinajstić information content (AvgIpc) is 2.36. The number of piperidine rings is 1. The Morgan fingerprint density at radius 2 is 1.81 bits per heavy atom. The van der Waals surface area contributed by atoms with Crippen LogP contribution in [0.25, 0.3) is 0 Å². The smallest absolute Gasteiger partial charge is 0.319 e. The fourth-order valence-corrected chi connectivity index (χ4v) is 2.18. The molecule has 0 aromatic heterocycles. The van der Waals surface area contributed by atoms with E-state index in [9.17, 15) is 4.79 Å². The second kappa shape index (κ2) is 6.09. The molecule has 0 atom stereocenters. The van der Waals surface area contributed by atoms with Gasteiger partial charge in [0.2, 0.25) is 0 Å². The minimum absolute atomic E-state index is 0.150. The molecule has 2 amide bonds. The highest BCUT2D eigenvalue weighted by Crippen LogP contribution is 2.16. The number of hydrogen-bond acceptors (Lipinski definition) is 2. The van der Waals surface area contributed by atoms with Gasteiger partial charge in [0.1, 0.15) is 0 Å². The molecule has 0 aliphatic carbocycles. The average molecular weight is 227 g/mol. The fourth-order valence-electron chi connectivity index (χ4n) is 2.18. The van der Waals surface area contributed by atoms with Crippen LogP contribution < -0.4 is 0 Å². The quantitative estimate of drug-likeness (QED) is 0.730. The third-order valence-corrected chi connectivity index (χ3v) is 3.65. The van der Waals surface area contributed by atoms with Crippen molar-refractivity contribution in [2.24, 2.45) is 0 Å². The van der Waals surface area contributed by atoms with Crippen molar-refractivity contribution in [1.29, 1.82) is 0 Å². The molecule has 1 saturated heterocycles. The van der Waals surface area contributed by atoms with Crippen molar-refractivity contribution in [1.82, 2.24) is 14.7 Å². The molecule has 1 heterocycles. The molecule has 1 fully saturated rings. The summed E-state index contributed by atoms with van der Waals surface area (Å²) in [5.41, 5.74) is 0. The van der Waals surface area contributed by atoms with Crippen LogP contribution in [0.5, 0.6) is 0 Å². The standard InChI is InChI=1S/C12H25N3O/c1-5-13(3)12(16)14(4)11-7-9-15(6-2)10-8-11/h11H,5-10H2,1-4H3. The van der Waals surface area contributed by atoms with Crippen LogP contribution in [-0.2, 0) is 0 Å². The van der Waals surface area contributed by atoms with Crippen LogP contribution in [0.1, 0.15) is 26.7 Å². The molecular formula is C12H25N3O. The lowest BCUT2D eigenvalue weighted by atomic mass is 10.0. The van der Waals surface area contributed by atoms with Crippen molar-refractivity contribution in [2.45, 2.75) is 32.7 Å². The Bertz CT molecular complexity index is 224. The zero-order valence-corrected chi connectivity index (χ0v) is 11.1. The van der Waals surface area contributed by atoms with E-state index in [2.05, 4.69) is 11.8 Å². The molecule has 1 aliphatic rings. The number of nitrogens with zero attached hydrogens (tertiary/aromatic N) is 3. The van der Waals surface area contributed by atoms with Crippen molar-refractivity contribution in [3.8, 4) is 0 Å². The van der Waals surface area contributed by atoms with Crippen molar-refractivity contribution >= 4 is 6.03 Å². The van der Waals surface area contributed by atoms with Crippen molar-refractivity contribution < 1.29 is 4.79 Å². The number of likely N-dealkylation sites (tertiary alicyclic amines) is 1. The predicted octanol–water partition coefficient (Wildman–Crippen LogP) is 1.47. The first-order valence-electron chi connectivity index (χ1n) is 6.30. The molecule has 4 heteroatoms. The second-order valence-electron chi connectivity index (χ2n) is 4.57. The van der Waals surface area contributed by atoms with Crippen LogP contribution in [0.3, 0.4) is 0 Å². The first-order chi connectivity index (χ1) is 7.60. The SMILES string of the molecule is CCN1CCC(N(C)C(=O)N(C)CC)CC1. The van der Waals surface area contributed by atoms with Crippen molar-refractivity contribution in [3.05, 3.63) is 0 Å². The van der Waals surface area contributed by atoms with Gasteiger partial charge in [-0.15, -0.1) is 0 Å². The van der Waals surface area contributed by atoms with Gasteiger partial charge in [-0.3, -0.25) is 0 Å². The Kier molecular flexibility index (Phi) is 5.06. The molecule has 0 bridgehead atoms. The molecule has 0 unspecified atom stereocenters. The molecule has 0 N–H and O–H groups in total. The number of rotatable bonds is 3.